The summed E-state index contributed by atoms with van der Waals surface area (Å²) in [6.45, 7) is 6.67. The molecule has 0 saturated carbocycles. The normalized spacial score (nSPS) is 12.1. The van der Waals surface area contributed by atoms with Gasteiger partial charge in [-0.2, -0.15) is 0 Å². The number of unbranched alkanes of at least 4 members (excludes halogenated alkanes) is 48. The minimum Gasteiger partial charge on any atom is -0.462 e. The number of hydrogen-bond acceptors (Lipinski definition) is 6. The van der Waals surface area contributed by atoms with Crippen molar-refractivity contribution in [3.63, 3.8) is 0 Å². The molecule has 0 spiro atoms. The van der Waals surface area contributed by atoms with Gasteiger partial charge in [0, 0.05) is 19.3 Å². The Morgan fingerprint density at radius 3 is 0.667 bits per heavy atom. The Hall–Kier alpha value is -2.11. The third-order valence-corrected chi connectivity index (χ3v) is 15.4. The number of hydrogen-bond donors (Lipinski definition) is 0. The molecule has 442 valence electrons. The molecule has 1 atom stereocenters. The van der Waals surface area contributed by atoms with Crippen LogP contribution in [0.1, 0.15) is 380 Å². The van der Waals surface area contributed by atoms with Crippen molar-refractivity contribution in [1.29, 1.82) is 0 Å². The first-order valence-electron chi connectivity index (χ1n) is 33.8. The van der Waals surface area contributed by atoms with Crippen LogP contribution < -0.4 is 0 Å². The monoisotopic (exact) mass is 1050 g/mol. The first kappa shape index (κ1) is 72.9. The lowest BCUT2D eigenvalue weighted by molar-refractivity contribution is -0.167. The molecule has 0 N–H and O–H groups in total. The van der Waals surface area contributed by atoms with E-state index >= 15 is 0 Å². The summed E-state index contributed by atoms with van der Waals surface area (Å²) in [5.74, 6) is -0.851. The fraction of sp³-hybridized carbons (Fsp3) is 0.899. The van der Waals surface area contributed by atoms with E-state index in [4.69, 9.17) is 14.2 Å². The first-order chi connectivity index (χ1) is 37.0. The Kier molecular flexibility index (Phi) is 62.6. The van der Waals surface area contributed by atoms with E-state index in [9.17, 15) is 14.4 Å². The number of carbonyl (C=O) groups excluding carboxylic acids is 3. The van der Waals surface area contributed by atoms with Gasteiger partial charge in [-0.25, -0.2) is 0 Å². The first-order valence-corrected chi connectivity index (χ1v) is 33.8. The molecule has 0 rings (SSSR count). The molecule has 0 aliphatic heterocycles. The second-order valence-corrected chi connectivity index (χ2v) is 23.1. The number of esters is 3. The van der Waals surface area contributed by atoms with Crippen LogP contribution in [-0.4, -0.2) is 37.2 Å². The van der Waals surface area contributed by atoms with Crippen molar-refractivity contribution >= 4 is 17.9 Å². The minimum atomic E-state index is -0.768. The van der Waals surface area contributed by atoms with Gasteiger partial charge in [0.1, 0.15) is 13.2 Å². The highest BCUT2D eigenvalue weighted by molar-refractivity contribution is 5.71. The molecule has 0 amide bonds. The molecule has 0 aromatic rings. The van der Waals surface area contributed by atoms with Crippen LogP contribution in [0, 0.1) is 0 Å². The van der Waals surface area contributed by atoms with Crippen molar-refractivity contribution in [1.82, 2.24) is 0 Å². The lowest BCUT2D eigenvalue weighted by atomic mass is 10.0. The van der Waals surface area contributed by atoms with Crippen LogP contribution in [-0.2, 0) is 28.6 Å². The molecule has 0 aliphatic carbocycles. The average Bonchev–Trinajstić information content (AvgIpc) is 3.41. The number of carbonyl (C=O) groups is 3. The van der Waals surface area contributed by atoms with Crippen LogP contribution in [0.4, 0.5) is 0 Å². The Bertz CT molecular complexity index is 1210. The Labute approximate surface area is 468 Å². The van der Waals surface area contributed by atoms with Gasteiger partial charge in [-0.05, 0) is 70.6 Å². The predicted molar refractivity (Wildman–Crippen MR) is 326 cm³/mol. The summed E-state index contributed by atoms with van der Waals surface area (Å²) in [5.41, 5.74) is 0. The molecule has 0 saturated heterocycles. The molecule has 0 aliphatic rings. The maximum absolute atomic E-state index is 12.9. The minimum absolute atomic E-state index is 0.0675. The molecule has 6 heteroatoms. The highest BCUT2D eigenvalue weighted by atomic mass is 16.6. The van der Waals surface area contributed by atoms with Crippen LogP contribution in [0.15, 0.2) is 24.3 Å². The highest BCUT2D eigenvalue weighted by Gasteiger charge is 2.19. The summed E-state index contributed by atoms with van der Waals surface area (Å²) < 4.78 is 16.9. The van der Waals surface area contributed by atoms with E-state index < -0.39 is 6.10 Å². The van der Waals surface area contributed by atoms with Gasteiger partial charge in [0.05, 0.1) is 0 Å². The van der Waals surface area contributed by atoms with Crippen LogP contribution in [0.3, 0.4) is 0 Å². The van der Waals surface area contributed by atoms with E-state index in [2.05, 4.69) is 45.1 Å². The van der Waals surface area contributed by atoms with Crippen molar-refractivity contribution in [2.45, 2.75) is 386 Å². The SMILES string of the molecule is CCCCCCCCC/C=C\CCCCCCCCCC(=O)OC(COC(=O)CCCCCCCCCC)COC(=O)CCCCCCCCCCCCCCCCCCCCC/C=C\CCCCCCCCCC. The zero-order chi connectivity index (χ0) is 54.3. The van der Waals surface area contributed by atoms with E-state index in [1.807, 2.05) is 0 Å². The molecule has 0 bridgehead atoms. The van der Waals surface area contributed by atoms with E-state index in [0.29, 0.717) is 19.3 Å². The van der Waals surface area contributed by atoms with Crippen LogP contribution in [0.5, 0.6) is 0 Å². The fourth-order valence-electron chi connectivity index (χ4n) is 10.3. The number of rotatable bonds is 63. The fourth-order valence-corrected chi connectivity index (χ4v) is 10.3. The summed E-state index contributed by atoms with van der Waals surface area (Å²) in [7, 11) is 0. The summed E-state index contributed by atoms with van der Waals surface area (Å²) in [6.07, 6.45) is 78.0. The molecule has 75 heavy (non-hydrogen) atoms. The van der Waals surface area contributed by atoms with Crippen molar-refractivity contribution in [2.75, 3.05) is 13.2 Å². The predicted octanol–water partition coefficient (Wildman–Crippen LogP) is 23.0. The number of allylic oxidation sites excluding steroid dienone is 4. The van der Waals surface area contributed by atoms with Crippen molar-refractivity contribution < 1.29 is 28.6 Å². The highest BCUT2D eigenvalue weighted by Crippen LogP contribution is 2.18. The topological polar surface area (TPSA) is 78.9 Å². The van der Waals surface area contributed by atoms with Crippen LogP contribution in [0.25, 0.3) is 0 Å². The molecule has 0 heterocycles. The van der Waals surface area contributed by atoms with E-state index in [0.717, 1.165) is 57.8 Å². The summed E-state index contributed by atoms with van der Waals surface area (Å²) >= 11 is 0. The lowest BCUT2D eigenvalue weighted by Crippen LogP contribution is -2.30. The Balaban J connectivity index is 4.02. The second-order valence-electron chi connectivity index (χ2n) is 23.1. The summed E-state index contributed by atoms with van der Waals surface area (Å²) in [4.78, 5) is 38.1. The molecule has 0 radical (unpaired) electrons. The standard InChI is InChI=1S/C69H130O6/c1-4-7-10-13-16-19-21-23-25-27-29-30-31-32-33-34-35-36-37-38-39-40-41-43-44-46-48-50-53-56-59-62-68(71)74-65-66(64-73-67(70)61-58-55-52-18-15-12-9-6-3)75-69(72)63-60-57-54-51-49-47-45-42-28-26-24-22-20-17-14-11-8-5-2/h26-29,66H,4-25,30-65H2,1-3H3/b28-26-,29-27-. The molecule has 6 nitrogen and oxygen atoms in total. The smallest absolute Gasteiger partial charge is 0.306 e. The van der Waals surface area contributed by atoms with E-state index in [-0.39, 0.29) is 31.1 Å². The third kappa shape index (κ3) is 62.6. The largest absolute Gasteiger partial charge is 0.462 e. The van der Waals surface area contributed by atoms with Gasteiger partial charge in [0.2, 0.25) is 0 Å². The van der Waals surface area contributed by atoms with Gasteiger partial charge < -0.3 is 14.2 Å². The Morgan fingerprint density at radius 2 is 0.440 bits per heavy atom. The molecular formula is C69H130O6. The van der Waals surface area contributed by atoms with E-state index in [1.165, 1.54) is 283 Å². The lowest BCUT2D eigenvalue weighted by Gasteiger charge is -2.18. The van der Waals surface area contributed by atoms with Gasteiger partial charge in [-0.3, -0.25) is 14.4 Å². The van der Waals surface area contributed by atoms with Crippen molar-refractivity contribution in [3.8, 4) is 0 Å². The van der Waals surface area contributed by atoms with Gasteiger partial charge in [0.25, 0.3) is 0 Å². The molecule has 0 fully saturated rings. The number of ether oxygens (including phenoxy) is 3. The van der Waals surface area contributed by atoms with Gasteiger partial charge in [0.15, 0.2) is 6.10 Å². The maximum Gasteiger partial charge on any atom is 0.306 e. The zero-order valence-electron chi connectivity index (χ0n) is 50.8. The third-order valence-electron chi connectivity index (χ3n) is 15.4. The molecule has 0 aromatic carbocycles. The molecular weight excluding hydrogens is 925 g/mol. The zero-order valence-corrected chi connectivity index (χ0v) is 50.8. The van der Waals surface area contributed by atoms with Gasteiger partial charge in [-0.1, -0.05) is 315 Å². The summed E-state index contributed by atoms with van der Waals surface area (Å²) in [5, 5.41) is 0. The van der Waals surface area contributed by atoms with E-state index in [1.54, 1.807) is 0 Å². The maximum atomic E-state index is 12.9. The van der Waals surface area contributed by atoms with Crippen molar-refractivity contribution in [2.24, 2.45) is 0 Å². The molecule has 0 aromatic heterocycles. The van der Waals surface area contributed by atoms with Crippen molar-refractivity contribution in [3.05, 3.63) is 24.3 Å². The van der Waals surface area contributed by atoms with Gasteiger partial charge >= 0.3 is 17.9 Å². The average molecular weight is 1060 g/mol. The van der Waals surface area contributed by atoms with Crippen LogP contribution >= 0.6 is 0 Å². The quantitative estimate of drug-likeness (QED) is 0.0261. The molecule has 1 unspecified atom stereocenters. The summed E-state index contributed by atoms with van der Waals surface area (Å²) in [6, 6.07) is 0. The van der Waals surface area contributed by atoms with Gasteiger partial charge in [-0.15, -0.1) is 0 Å². The van der Waals surface area contributed by atoms with Crippen LogP contribution in [0.2, 0.25) is 0 Å². The Morgan fingerprint density at radius 1 is 0.253 bits per heavy atom. The second kappa shape index (κ2) is 64.4.